The molecule has 2 atom stereocenters. The van der Waals surface area contributed by atoms with Crippen molar-refractivity contribution in [2.75, 3.05) is 32.9 Å². The van der Waals surface area contributed by atoms with Gasteiger partial charge in [-0.15, -0.1) is 24.0 Å². The molecule has 0 saturated carbocycles. The van der Waals surface area contributed by atoms with E-state index in [1.165, 1.54) is 5.56 Å². The fourth-order valence-corrected chi connectivity index (χ4v) is 2.53. The Morgan fingerprint density at radius 1 is 1.42 bits per heavy atom. The van der Waals surface area contributed by atoms with E-state index in [1.54, 1.807) is 0 Å². The van der Waals surface area contributed by atoms with Gasteiger partial charge in [-0.2, -0.15) is 0 Å². The SMILES string of the molecule is CCNC(=NCc1ccc(C)cc1OC1CCOC1)NCC(C)CO.I. The van der Waals surface area contributed by atoms with E-state index in [2.05, 4.69) is 40.7 Å². The van der Waals surface area contributed by atoms with Gasteiger partial charge in [0.2, 0.25) is 0 Å². The van der Waals surface area contributed by atoms with E-state index in [1.807, 2.05) is 13.8 Å². The second kappa shape index (κ2) is 12.3. The number of hydrogen-bond acceptors (Lipinski definition) is 4. The number of ether oxygens (including phenoxy) is 2. The molecule has 1 aliphatic heterocycles. The summed E-state index contributed by atoms with van der Waals surface area (Å²) in [5.74, 6) is 1.82. The molecule has 1 fully saturated rings. The van der Waals surface area contributed by atoms with Crippen LogP contribution in [0.2, 0.25) is 0 Å². The molecule has 148 valence electrons. The number of guanidine groups is 1. The molecule has 0 aromatic heterocycles. The molecular weight excluding hydrogens is 445 g/mol. The van der Waals surface area contributed by atoms with E-state index < -0.39 is 0 Å². The first kappa shape index (κ1) is 23.0. The molecule has 1 heterocycles. The minimum atomic E-state index is 0. The van der Waals surface area contributed by atoms with Crippen LogP contribution in [-0.4, -0.2) is 50.1 Å². The standard InChI is InChI=1S/C19H31N3O3.HI/c1-4-20-19(21-10-15(3)12-23)22-11-16-6-5-14(2)9-18(16)25-17-7-8-24-13-17;/h5-6,9,15,17,23H,4,7-8,10-13H2,1-3H3,(H2,20,21,22);1H. The molecule has 3 N–H and O–H groups in total. The second-order valence-corrected chi connectivity index (χ2v) is 6.58. The molecule has 1 saturated heterocycles. The highest BCUT2D eigenvalue weighted by molar-refractivity contribution is 14.0. The predicted octanol–water partition coefficient (Wildman–Crippen LogP) is 2.46. The first-order valence-corrected chi connectivity index (χ1v) is 9.09. The van der Waals surface area contributed by atoms with Gasteiger partial charge in [-0.05, 0) is 31.4 Å². The van der Waals surface area contributed by atoms with Crippen molar-refractivity contribution in [1.29, 1.82) is 0 Å². The molecule has 1 aliphatic rings. The first-order chi connectivity index (χ1) is 12.1. The van der Waals surface area contributed by atoms with Crippen molar-refractivity contribution in [3.05, 3.63) is 29.3 Å². The number of aliphatic hydroxyl groups excluding tert-OH is 1. The summed E-state index contributed by atoms with van der Waals surface area (Å²) < 4.78 is 11.5. The lowest BCUT2D eigenvalue weighted by atomic mass is 10.1. The van der Waals surface area contributed by atoms with Gasteiger partial charge >= 0.3 is 0 Å². The average molecular weight is 477 g/mol. The Hall–Kier alpha value is -1.06. The van der Waals surface area contributed by atoms with Gasteiger partial charge in [0.1, 0.15) is 11.9 Å². The summed E-state index contributed by atoms with van der Waals surface area (Å²) in [6.07, 6.45) is 1.06. The number of rotatable bonds is 8. The van der Waals surface area contributed by atoms with Crippen LogP contribution in [0, 0.1) is 12.8 Å². The Morgan fingerprint density at radius 2 is 2.23 bits per heavy atom. The van der Waals surface area contributed by atoms with Crippen molar-refractivity contribution >= 4 is 29.9 Å². The lowest BCUT2D eigenvalue weighted by Gasteiger charge is -2.17. The lowest BCUT2D eigenvalue weighted by Crippen LogP contribution is -2.39. The monoisotopic (exact) mass is 477 g/mol. The largest absolute Gasteiger partial charge is 0.488 e. The maximum absolute atomic E-state index is 9.16. The van der Waals surface area contributed by atoms with Crippen LogP contribution in [0.25, 0.3) is 0 Å². The Bertz CT molecular complexity index is 563. The van der Waals surface area contributed by atoms with Crippen LogP contribution in [-0.2, 0) is 11.3 Å². The van der Waals surface area contributed by atoms with Crippen LogP contribution in [0.4, 0.5) is 0 Å². The summed E-state index contributed by atoms with van der Waals surface area (Å²) >= 11 is 0. The summed E-state index contributed by atoms with van der Waals surface area (Å²) in [5.41, 5.74) is 2.23. The van der Waals surface area contributed by atoms with Crippen LogP contribution < -0.4 is 15.4 Å². The van der Waals surface area contributed by atoms with Crippen molar-refractivity contribution in [2.24, 2.45) is 10.9 Å². The third-order valence-electron chi connectivity index (χ3n) is 4.09. The zero-order valence-electron chi connectivity index (χ0n) is 16.0. The molecule has 1 aromatic rings. The van der Waals surface area contributed by atoms with Gasteiger partial charge in [-0.3, -0.25) is 0 Å². The molecule has 2 unspecified atom stereocenters. The van der Waals surface area contributed by atoms with E-state index in [9.17, 15) is 0 Å². The summed E-state index contributed by atoms with van der Waals surface area (Å²) in [5, 5.41) is 15.7. The zero-order chi connectivity index (χ0) is 18.1. The van der Waals surface area contributed by atoms with Crippen LogP contribution in [0.5, 0.6) is 5.75 Å². The summed E-state index contributed by atoms with van der Waals surface area (Å²) in [7, 11) is 0. The lowest BCUT2D eigenvalue weighted by molar-refractivity contribution is 0.140. The molecule has 7 heteroatoms. The highest BCUT2D eigenvalue weighted by Gasteiger charge is 2.18. The number of halogens is 1. The zero-order valence-corrected chi connectivity index (χ0v) is 18.3. The predicted molar refractivity (Wildman–Crippen MR) is 116 cm³/mol. The number of nitrogens with one attached hydrogen (secondary N) is 2. The summed E-state index contributed by atoms with van der Waals surface area (Å²) in [4.78, 5) is 4.66. The van der Waals surface area contributed by atoms with Crippen molar-refractivity contribution in [2.45, 2.75) is 39.8 Å². The molecule has 0 radical (unpaired) electrons. The molecule has 26 heavy (non-hydrogen) atoms. The molecular formula is C19H32IN3O3. The highest BCUT2D eigenvalue weighted by atomic mass is 127. The number of aliphatic hydroxyl groups is 1. The van der Waals surface area contributed by atoms with Crippen LogP contribution in [0.1, 0.15) is 31.4 Å². The van der Waals surface area contributed by atoms with Crippen molar-refractivity contribution in [3.8, 4) is 5.75 Å². The smallest absolute Gasteiger partial charge is 0.191 e. The third kappa shape index (κ3) is 7.67. The Balaban J connectivity index is 0.00000338. The van der Waals surface area contributed by atoms with Crippen molar-refractivity contribution in [1.82, 2.24) is 10.6 Å². The quantitative estimate of drug-likeness (QED) is 0.305. The Morgan fingerprint density at radius 3 is 2.88 bits per heavy atom. The second-order valence-electron chi connectivity index (χ2n) is 6.58. The summed E-state index contributed by atoms with van der Waals surface area (Å²) in [6, 6.07) is 6.22. The molecule has 0 aliphatic carbocycles. The average Bonchev–Trinajstić information content (AvgIpc) is 3.11. The number of aliphatic imine (C=N–C) groups is 1. The van der Waals surface area contributed by atoms with E-state index in [0.717, 1.165) is 36.8 Å². The Kier molecular flexibility index (Phi) is 10.9. The molecule has 2 rings (SSSR count). The third-order valence-corrected chi connectivity index (χ3v) is 4.09. The first-order valence-electron chi connectivity index (χ1n) is 9.09. The van der Waals surface area contributed by atoms with E-state index in [4.69, 9.17) is 14.6 Å². The molecule has 0 bridgehead atoms. The van der Waals surface area contributed by atoms with Gasteiger partial charge in [-0.25, -0.2) is 4.99 Å². The van der Waals surface area contributed by atoms with E-state index >= 15 is 0 Å². The van der Waals surface area contributed by atoms with Gasteiger partial charge in [0.05, 0.1) is 19.8 Å². The van der Waals surface area contributed by atoms with Crippen molar-refractivity contribution in [3.63, 3.8) is 0 Å². The topological polar surface area (TPSA) is 75.1 Å². The van der Waals surface area contributed by atoms with Crippen molar-refractivity contribution < 1.29 is 14.6 Å². The van der Waals surface area contributed by atoms with Gasteiger partial charge in [0.15, 0.2) is 5.96 Å². The minimum Gasteiger partial charge on any atom is -0.488 e. The fourth-order valence-electron chi connectivity index (χ4n) is 2.53. The fraction of sp³-hybridized carbons (Fsp3) is 0.632. The highest BCUT2D eigenvalue weighted by Crippen LogP contribution is 2.24. The van der Waals surface area contributed by atoms with Gasteiger partial charge in [0, 0.05) is 31.7 Å². The summed E-state index contributed by atoms with van der Waals surface area (Å²) in [6.45, 7) is 9.67. The Labute approximate surface area is 173 Å². The number of benzene rings is 1. The van der Waals surface area contributed by atoms with Gasteiger partial charge < -0.3 is 25.2 Å². The number of hydrogen-bond donors (Lipinski definition) is 3. The van der Waals surface area contributed by atoms with Gasteiger partial charge in [0.25, 0.3) is 0 Å². The maximum Gasteiger partial charge on any atom is 0.191 e. The van der Waals surface area contributed by atoms with Crippen LogP contribution >= 0.6 is 24.0 Å². The molecule has 6 nitrogen and oxygen atoms in total. The maximum atomic E-state index is 9.16. The van der Waals surface area contributed by atoms with E-state index in [-0.39, 0.29) is 42.6 Å². The van der Waals surface area contributed by atoms with E-state index in [0.29, 0.717) is 19.7 Å². The molecule has 0 amide bonds. The number of nitrogens with zero attached hydrogens (tertiary/aromatic N) is 1. The van der Waals surface area contributed by atoms with Crippen LogP contribution in [0.3, 0.4) is 0 Å². The van der Waals surface area contributed by atoms with Crippen LogP contribution in [0.15, 0.2) is 23.2 Å². The minimum absolute atomic E-state index is 0. The normalized spacial score (nSPS) is 18.2. The molecule has 1 aromatic carbocycles. The van der Waals surface area contributed by atoms with Gasteiger partial charge in [-0.1, -0.05) is 19.1 Å². The molecule has 0 spiro atoms. The number of aryl methyl sites for hydroxylation is 1.